The van der Waals surface area contributed by atoms with Gasteiger partial charge in [-0.25, -0.2) is 0 Å². The minimum absolute atomic E-state index is 0.0741. The number of carbonyl (C=O) groups is 1. The Labute approximate surface area is 48.5 Å². The predicted octanol–water partition coefficient (Wildman–Crippen LogP) is 1.08. The van der Waals surface area contributed by atoms with Gasteiger partial charge < -0.3 is 5.11 Å². The van der Waals surface area contributed by atoms with Crippen LogP contribution in [-0.2, 0) is 4.79 Å². The Morgan fingerprint density at radius 3 is 2.75 bits per heavy atom. The molecule has 0 amide bonds. The van der Waals surface area contributed by atoms with E-state index in [1.165, 1.54) is 0 Å². The molecule has 1 N–H and O–H groups in total. The van der Waals surface area contributed by atoms with Crippen LogP contribution in [0.15, 0.2) is 0 Å². The molecule has 1 fully saturated rings. The molecule has 1 aliphatic carbocycles. The lowest BCUT2D eigenvalue weighted by Gasteiger charge is -1.97. The van der Waals surface area contributed by atoms with Gasteiger partial charge in [0.2, 0.25) is 0 Å². The van der Waals surface area contributed by atoms with E-state index in [1.807, 2.05) is 6.42 Å². The van der Waals surface area contributed by atoms with Crippen molar-refractivity contribution in [1.29, 1.82) is 0 Å². The summed E-state index contributed by atoms with van der Waals surface area (Å²) in [5.74, 6) is -0.714. The highest BCUT2D eigenvalue weighted by molar-refractivity contribution is 5.70. The van der Waals surface area contributed by atoms with Crippen LogP contribution in [0.4, 0.5) is 0 Å². The number of rotatable bonds is 1. The van der Waals surface area contributed by atoms with E-state index in [4.69, 9.17) is 5.11 Å². The fourth-order valence-electron chi connectivity index (χ4n) is 0.980. The Morgan fingerprint density at radius 1 is 1.75 bits per heavy atom. The summed E-state index contributed by atoms with van der Waals surface area (Å²) in [6.07, 6.45) is 4.64. The summed E-state index contributed by atoms with van der Waals surface area (Å²) < 4.78 is 0. The van der Waals surface area contributed by atoms with E-state index in [0.29, 0.717) is 0 Å². The van der Waals surface area contributed by atoms with Crippen molar-refractivity contribution in [3.05, 3.63) is 6.42 Å². The van der Waals surface area contributed by atoms with E-state index in [1.54, 1.807) is 0 Å². The first-order valence-corrected chi connectivity index (χ1v) is 2.85. The number of carboxylic acid groups (broad SMARTS) is 1. The molecular weight excluding hydrogens is 104 g/mol. The fraction of sp³-hybridized carbons (Fsp3) is 0.667. The zero-order valence-electron chi connectivity index (χ0n) is 4.63. The zero-order chi connectivity index (χ0) is 5.98. The van der Waals surface area contributed by atoms with Crippen molar-refractivity contribution in [3.63, 3.8) is 0 Å². The van der Waals surface area contributed by atoms with E-state index in [-0.39, 0.29) is 5.92 Å². The van der Waals surface area contributed by atoms with Crippen LogP contribution in [0.3, 0.4) is 0 Å². The molecule has 0 heterocycles. The minimum atomic E-state index is -0.640. The highest BCUT2D eigenvalue weighted by Crippen LogP contribution is 2.23. The molecule has 0 aromatic rings. The largest absolute Gasteiger partial charge is 0.481 e. The van der Waals surface area contributed by atoms with Crippen molar-refractivity contribution in [1.82, 2.24) is 0 Å². The highest BCUT2D eigenvalue weighted by atomic mass is 16.4. The first-order valence-electron chi connectivity index (χ1n) is 2.85. The third-order valence-electron chi connectivity index (χ3n) is 1.52. The molecule has 2 heteroatoms. The first-order chi connectivity index (χ1) is 3.80. The molecule has 0 bridgehead atoms. The van der Waals surface area contributed by atoms with Crippen molar-refractivity contribution in [2.75, 3.05) is 0 Å². The van der Waals surface area contributed by atoms with Gasteiger partial charge in [-0.15, -0.1) is 0 Å². The lowest BCUT2D eigenvalue weighted by molar-refractivity contribution is -0.141. The summed E-state index contributed by atoms with van der Waals surface area (Å²) in [6.45, 7) is 0. The van der Waals surface area contributed by atoms with E-state index in [2.05, 4.69) is 0 Å². The summed E-state index contributed by atoms with van der Waals surface area (Å²) in [7, 11) is 0. The van der Waals surface area contributed by atoms with Crippen LogP contribution in [0.2, 0.25) is 0 Å². The van der Waals surface area contributed by atoms with Gasteiger partial charge in [-0.1, -0.05) is 0 Å². The topological polar surface area (TPSA) is 37.3 Å². The van der Waals surface area contributed by atoms with Crippen molar-refractivity contribution in [3.8, 4) is 0 Å². The molecule has 1 atom stereocenters. The average Bonchev–Trinajstić information content (AvgIpc) is 2.12. The second kappa shape index (κ2) is 2.16. The van der Waals surface area contributed by atoms with Gasteiger partial charge in [0, 0.05) is 0 Å². The summed E-state index contributed by atoms with van der Waals surface area (Å²) in [5, 5.41) is 8.39. The second-order valence-corrected chi connectivity index (χ2v) is 2.14. The van der Waals surface area contributed by atoms with Gasteiger partial charge >= 0.3 is 5.97 Å². The van der Waals surface area contributed by atoms with Gasteiger partial charge in [-0.2, -0.15) is 0 Å². The van der Waals surface area contributed by atoms with Crippen LogP contribution < -0.4 is 0 Å². The Morgan fingerprint density at radius 2 is 2.50 bits per heavy atom. The highest BCUT2D eigenvalue weighted by Gasteiger charge is 2.21. The maximum absolute atomic E-state index is 10.2. The Balaban J connectivity index is 2.35. The molecule has 0 aromatic heterocycles. The lowest BCUT2D eigenvalue weighted by Crippen LogP contribution is -2.07. The van der Waals surface area contributed by atoms with Crippen LogP contribution >= 0.6 is 0 Å². The number of carboxylic acids is 1. The molecule has 0 aromatic carbocycles. The monoisotopic (exact) mass is 113 g/mol. The average molecular weight is 113 g/mol. The molecule has 0 spiro atoms. The van der Waals surface area contributed by atoms with Gasteiger partial charge in [0.1, 0.15) is 0 Å². The smallest absolute Gasteiger partial charge is 0.306 e. The SMILES string of the molecule is O=C(O)[C@H]1C[CH]CC1. The minimum Gasteiger partial charge on any atom is -0.481 e. The molecule has 2 nitrogen and oxygen atoms in total. The number of aliphatic carboxylic acids is 1. The third-order valence-corrected chi connectivity index (χ3v) is 1.52. The van der Waals surface area contributed by atoms with Crippen LogP contribution in [0.1, 0.15) is 19.3 Å². The Bertz CT molecular complexity index is 92.7. The summed E-state index contributed by atoms with van der Waals surface area (Å²) in [5.41, 5.74) is 0. The van der Waals surface area contributed by atoms with Gasteiger partial charge in [-0.05, 0) is 25.7 Å². The lowest BCUT2D eigenvalue weighted by atomic mass is 10.1. The maximum Gasteiger partial charge on any atom is 0.306 e. The van der Waals surface area contributed by atoms with Gasteiger partial charge in [0.25, 0.3) is 0 Å². The zero-order valence-corrected chi connectivity index (χ0v) is 4.63. The first kappa shape index (κ1) is 5.60. The van der Waals surface area contributed by atoms with E-state index < -0.39 is 5.97 Å². The molecule has 0 saturated heterocycles. The van der Waals surface area contributed by atoms with Crippen molar-refractivity contribution >= 4 is 5.97 Å². The summed E-state index contributed by atoms with van der Waals surface area (Å²) in [4.78, 5) is 10.2. The number of hydrogen-bond acceptors (Lipinski definition) is 1. The van der Waals surface area contributed by atoms with Crippen molar-refractivity contribution in [2.45, 2.75) is 19.3 Å². The molecule has 1 aliphatic rings. The fourth-order valence-corrected chi connectivity index (χ4v) is 0.980. The van der Waals surface area contributed by atoms with Crippen molar-refractivity contribution < 1.29 is 9.90 Å². The van der Waals surface area contributed by atoms with Gasteiger partial charge in [0.05, 0.1) is 5.92 Å². The molecule has 45 valence electrons. The molecular formula is C6H9O2. The predicted molar refractivity (Wildman–Crippen MR) is 29.3 cm³/mol. The quantitative estimate of drug-likeness (QED) is 0.552. The van der Waals surface area contributed by atoms with E-state index in [9.17, 15) is 4.79 Å². The molecule has 1 radical (unpaired) electrons. The molecule has 1 saturated carbocycles. The van der Waals surface area contributed by atoms with Crippen LogP contribution in [-0.4, -0.2) is 11.1 Å². The molecule has 0 unspecified atom stereocenters. The Hall–Kier alpha value is -0.530. The van der Waals surface area contributed by atoms with E-state index in [0.717, 1.165) is 19.3 Å². The normalized spacial score (nSPS) is 21.5. The van der Waals surface area contributed by atoms with E-state index >= 15 is 0 Å². The van der Waals surface area contributed by atoms with Crippen LogP contribution in [0.5, 0.6) is 0 Å². The Kier molecular flexibility index (Phi) is 1.51. The second-order valence-electron chi connectivity index (χ2n) is 2.14. The van der Waals surface area contributed by atoms with Gasteiger partial charge in [-0.3, -0.25) is 4.79 Å². The standard InChI is InChI=1S/C6H9O2/c7-6(8)5-3-1-2-4-5/h1,5H,2-4H2,(H,7,8)/t5-/m0/s1. The molecule has 8 heavy (non-hydrogen) atoms. The van der Waals surface area contributed by atoms with Crippen molar-refractivity contribution in [2.24, 2.45) is 5.92 Å². The van der Waals surface area contributed by atoms with Gasteiger partial charge in [0.15, 0.2) is 0 Å². The summed E-state index contributed by atoms with van der Waals surface area (Å²) in [6, 6.07) is 0. The molecule has 1 rings (SSSR count). The summed E-state index contributed by atoms with van der Waals surface area (Å²) >= 11 is 0. The number of hydrogen-bond donors (Lipinski definition) is 1. The maximum atomic E-state index is 10.2. The van der Waals surface area contributed by atoms with Crippen LogP contribution in [0.25, 0.3) is 0 Å². The molecule has 0 aliphatic heterocycles. The third kappa shape index (κ3) is 0.997. The van der Waals surface area contributed by atoms with Crippen LogP contribution in [0, 0.1) is 12.3 Å².